The molecule has 0 fully saturated rings. The Kier molecular flexibility index (Phi) is 3.03. The Labute approximate surface area is 84.0 Å². The molecule has 1 aromatic rings. The summed E-state index contributed by atoms with van der Waals surface area (Å²) >= 11 is 0. The number of carbonyl (C=O) groups excluding carboxylic acids is 1. The number of primary amides is 1. The number of ether oxygens (including phenoxy) is 1. The van der Waals surface area contributed by atoms with Crippen molar-refractivity contribution >= 4 is 11.7 Å². The molecule has 1 aromatic heterocycles. The quantitative estimate of drug-likeness (QED) is 0.779. The average Bonchev–Trinajstić information content (AvgIpc) is 2.16. The van der Waals surface area contributed by atoms with E-state index in [1.165, 1.54) is 7.11 Å². The zero-order valence-corrected chi connectivity index (χ0v) is 7.83. The molecule has 0 atom stereocenters. The summed E-state index contributed by atoms with van der Waals surface area (Å²) in [5.74, 6) is -1.18. The lowest BCUT2D eigenvalue weighted by atomic mass is 10.1. The highest BCUT2D eigenvalue weighted by molar-refractivity contribution is 5.94. The lowest BCUT2D eigenvalue weighted by Crippen LogP contribution is -2.16. The van der Waals surface area contributed by atoms with E-state index in [1.54, 1.807) is 0 Å². The van der Waals surface area contributed by atoms with Gasteiger partial charge < -0.3 is 16.2 Å². The van der Waals surface area contributed by atoms with Gasteiger partial charge in [-0.05, 0) is 6.07 Å². The van der Waals surface area contributed by atoms with Crippen LogP contribution in [0.15, 0.2) is 6.07 Å². The third-order valence-electron chi connectivity index (χ3n) is 1.74. The van der Waals surface area contributed by atoms with Crippen molar-refractivity contribution in [3.8, 4) is 5.75 Å². The summed E-state index contributed by atoms with van der Waals surface area (Å²) in [6.07, 6.45) is -2.92. The maximum atomic E-state index is 12.4. The number of nitrogen functional groups attached to an aromatic ring is 1. The lowest BCUT2D eigenvalue weighted by Gasteiger charge is -2.09. The molecule has 1 amide bonds. The van der Waals surface area contributed by atoms with E-state index in [-0.39, 0.29) is 11.6 Å². The third-order valence-corrected chi connectivity index (χ3v) is 1.74. The van der Waals surface area contributed by atoms with Gasteiger partial charge in [0.1, 0.15) is 5.69 Å². The fourth-order valence-corrected chi connectivity index (χ4v) is 1.05. The van der Waals surface area contributed by atoms with E-state index < -0.39 is 23.6 Å². The van der Waals surface area contributed by atoms with Crippen molar-refractivity contribution in [3.05, 3.63) is 17.3 Å². The van der Waals surface area contributed by atoms with Gasteiger partial charge in [0.2, 0.25) is 0 Å². The normalized spacial score (nSPS) is 10.4. The van der Waals surface area contributed by atoms with Crippen LogP contribution in [0.25, 0.3) is 0 Å². The maximum Gasteiger partial charge on any atom is 0.281 e. The fraction of sp³-hybridized carbons (Fsp3) is 0.250. The lowest BCUT2D eigenvalue weighted by molar-refractivity contribution is 0.0982. The molecule has 5 nitrogen and oxygen atoms in total. The van der Waals surface area contributed by atoms with E-state index in [0.29, 0.717) is 0 Å². The minimum Gasteiger partial charge on any atom is -0.493 e. The summed E-state index contributed by atoms with van der Waals surface area (Å²) in [6.45, 7) is 0. The van der Waals surface area contributed by atoms with Gasteiger partial charge in [-0.15, -0.1) is 0 Å². The molecule has 0 unspecified atom stereocenters. The van der Waals surface area contributed by atoms with Gasteiger partial charge in [0, 0.05) is 0 Å². The number of hydrogen-bond donors (Lipinski definition) is 2. The van der Waals surface area contributed by atoms with Gasteiger partial charge in [0.05, 0.1) is 12.7 Å². The zero-order chi connectivity index (χ0) is 11.6. The zero-order valence-electron chi connectivity index (χ0n) is 7.83. The molecule has 0 saturated heterocycles. The molecule has 1 rings (SSSR count). The molecule has 0 aliphatic carbocycles. The Morgan fingerprint density at radius 1 is 1.60 bits per heavy atom. The smallest absolute Gasteiger partial charge is 0.281 e. The summed E-state index contributed by atoms with van der Waals surface area (Å²) in [5.41, 5.74) is 9.11. The number of methoxy groups -OCH3 is 1. The van der Waals surface area contributed by atoms with E-state index in [1.807, 2.05) is 0 Å². The number of rotatable bonds is 3. The molecule has 1 heterocycles. The van der Waals surface area contributed by atoms with Crippen LogP contribution in [0.5, 0.6) is 5.75 Å². The van der Waals surface area contributed by atoms with Crippen molar-refractivity contribution < 1.29 is 18.3 Å². The fourth-order valence-electron chi connectivity index (χ4n) is 1.05. The minimum absolute atomic E-state index is 0.0354. The molecular weight excluding hydrogens is 208 g/mol. The van der Waals surface area contributed by atoms with Gasteiger partial charge in [-0.1, -0.05) is 0 Å². The molecular formula is C8H9F2N3O2. The molecule has 4 N–H and O–H groups in total. The van der Waals surface area contributed by atoms with Crippen LogP contribution in [-0.2, 0) is 0 Å². The summed E-state index contributed by atoms with van der Waals surface area (Å²) < 4.78 is 29.6. The van der Waals surface area contributed by atoms with Crippen molar-refractivity contribution in [1.29, 1.82) is 0 Å². The Morgan fingerprint density at radius 3 is 2.60 bits per heavy atom. The first kappa shape index (κ1) is 11.2. The number of amides is 1. The minimum atomic E-state index is -2.92. The summed E-state index contributed by atoms with van der Waals surface area (Å²) in [6, 6.07) is 1.05. The predicted octanol–water partition coefficient (Wildman–Crippen LogP) is 0.709. The van der Waals surface area contributed by atoms with Gasteiger partial charge in [0.25, 0.3) is 12.3 Å². The Bertz CT molecular complexity index is 396. The number of halogens is 2. The third kappa shape index (κ3) is 2.12. The molecule has 0 radical (unpaired) electrons. The van der Waals surface area contributed by atoms with Crippen LogP contribution in [0.1, 0.15) is 22.5 Å². The van der Waals surface area contributed by atoms with Crippen LogP contribution in [0.2, 0.25) is 0 Å². The summed E-state index contributed by atoms with van der Waals surface area (Å²) in [5, 5.41) is 0. The second-order valence-electron chi connectivity index (χ2n) is 2.67. The van der Waals surface area contributed by atoms with Gasteiger partial charge in [0.15, 0.2) is 11.6 Å². The number of nitrogens with two attached hydrogens (primary N) is 2. The second kappa shape index (κ2) is 4.07. The Morgan fingerprint density at radius 2 is 2.20 bits per heavy atom. The van der Waals surface area contributed by atoms with Crippen molar-refractivity contribution in [2.45, 2.75) is 6.43 Å². The second-order valence-corrected chi connectivity index (χ2v) is 2.67. The molecule has 0 spiro atoms. The van der Waals surface area contributed by atoms with Crippen LogP contribution in [0, 0.1) is 0 Å². The number of pyridine rings is 1. The number of alkyl halides is 2. The highest BCUT2D eigenvalue weighted by Gasteiger charge is 2.21. The Hall–Kier alpha value is -1.92. The van der Waals surface area contributed by atoms with Crippen molar-refractivity contribution in [3.63, 3.8) is 0 Å². The van der Waals surface area contributed by atoms with Crippen LogP contribution in [0.3, 0.4) is 0 Å². The molecule has 7 heteroatoms. The largest absolute Gasteiger partial charge is 0.493 e. The Balaban J connectivity index is 3.39. The number of anilines is 1. The average molecular weight is 217 g/mol. The number of nitrogens with zero attached hydrogens (tertiary/aromatic N) is 1. The van der Waals surface area contributed by atoms with E-state index in [0.717, 1.165) is 6.07 Å². The van der Waals surface area contributed by atoms with Crippen molar-refractivity contribution in [2.24, 2.45) is 5.73 Å². The monoisotopic (exact) mass is 217 g/mol. The SMILES string of the molecule is COc1cc(C(N)=O)c(C(F)F)nc1N. The van der Waals surface area contributed by atoms with E-state index in [4.69, 9.17) is 16.2 Å². The highest BCUT2D eigenvalue weighted by Crippen LogP contribution is 2.28. The topological polar surface area (TPSA) is 91.2 Å². The van der Waals surface area contributed by atoms with E-state index >= 15 is 0 Å². The first-order valence-corrected chi connectivity index (χ1v) is 3.89. The van der Waals surface area contributed by atoms with Gasteiger partial charge in [-0.2, -0.15) is 0 Å². The molecule has 0 saturated carbocycles. The van der Waals surface area contributed by atoms with Crippen LogP contribution >= 0.6 is 0 Å². The molecule has 0 aliphatic heterocycles. The molecule has 15 heavy (non-hydrogen) atoms. The highest BCUT2D eigenvalue weighted by atomic mass is 19.3. The first-order chi connectivity index (χ1) is 6.97. The summed E-state index contributed by atoms with van der Waals surface area (Å²) in [7, 11) is 1.28. The van der Waals surface area contributed by atoms with Gasteiger partial charge in [-0.25, -0.2) is 13.8 Å². The van der Waals surface area contributed by atoms with E-state index in [9.17, 15) is 13.6 Å². The van der Waals surface area contributed by atoms with Crippen LogP contribution in [0.4, 0.5) is 14.6 Å². The van der Waals surface area contributed by atoms with Gasteiger partial charge in [-0.3, -0.25) is 4.79 Å². The van der Waals surface area contributed by atoms with Crippen molar-refractivity contribution in [2.75, 3.05) is 12.8 Å². The first-order valence-electron chi connectivity index (χ1n) is 3.89. The predicted molar refractivity (Wildman–Crippen MR) is 48.7 cm³/mol. The number of aromatic nitrogens is 1. The molecule has 0 aliphatic rings. The number of hydrogen-bond acceptors (Lipinski definition) is 4. The van der Waals surface area contributed by atoms with Gasteiger partial charge >= 0.3 is 0 Å². The van der Waals surface area contributed by atoms with Crippen LogP contribution in [-0.4, -0.2) is 18.0 Å². The standard InChI is InChI=1S/C8H9F2N3O2/c1-15-4-2-3(8(12)14)5(6(9)10)13-7(4)11/h2,6H,1H3,(H2,11,13)(H2,12,14). The van der Waals surface area contributed by atoms with Crippen LogP contribution < -0.4 is 16.2 Å². The molecule has 0 aromatic carbocycles. The van der Waals surface area contributed by atoms with E-state index in [2.05, 4.69) is 4.98 Å². The van der Waals surface area contributed by atoms with Crippen molar-refractivity contribution in [1.82, 2.24) is 4.98 Å². The molecule has 0 bridgehead atoms. The molecule has 82 valence electrons. The summed E-state index contributed by atoms with van der Waals surface area (Å²) in [4.78, 5) is 14.2. The maximum absolute atomic E-state index is 12.4. The number of carbonyl (C=O) groups is 1.